The quantitative estimate of drug-likeness (QED) is 0.529. The number of rotatable bonds is 5. The Balaban J connectivity index is 1.78. The Morgan fingerprint density at radius 3 is 2.69 bits per heavy atom. The molecule has 6 nitrogen and oxygen atoms in total. The van der Waals surface area contributed by atoms with Crippen molar-refractivity contribution in [1.82, 2.24) is 19.8 Å². The van der Waals surface area contributed by atoms with Gasteiger partial charge in [-0.3, -0.25) is 0 Å². The van der Waals surface area contributed by atoms with Crippen LogP contribution >= 0.6 is 11.3 Å². The van der Waals surface area contributed by atoms with Crippen LogP contribution in [0.2, 0.25) is 0 Å². The second-order valence-corrected chi connectivity index (χ2v) is 6.69. The van der Waals surface area contributed by atoms with Gasteiger partial charge in [0.1, 0.15) is 5.01 Å². The summed E-state index contributed by atoms with van der Waals surface area (Å²) in [5, 5.41) is 14.2. The van der Waals surface area contributed by atoms with Crippen LogP contribution in [0.4, 0.5) is 0 Å². The van der Waals surface area contributed by atoms with Crippen LogP contribution in [0.1, 0.15) is 12.5 Å². The highest BCUT2D eigenvalue weighted by Crippen LogP contribution is 2.35. The van der Waals surface area contributed by atoms with Crippen LogP contribution < -0.4 is 9.47 Å². The SMILES string of the molecule is CCOc1ccc(-c2nn3c(-c4ccccc4C)nnc3s2)cc1OC. The fourth-order valence-corrected chi connectivity index (χ4v) is 3.64. The van der Waals surface area contributed by atoms with Crippen molar-refractivity contribution in [1.29, 1.82) is 0 Å². The summed E-state index contributed by atoms with van der Waals surface area (Å²) in [4.78, 5) is 0.756. The van der Waals surface area contributed by atoms with Gasteiger partial charge in [-0.25, -0.2) is 0 Å². The largest absolute Gasteiger partial charge is 0.493 e. The Morgan fingerprint density at radius 2 is 1.92 bits per heavy atom. The van der Waals surface area contributed by atoms with Gasteiger partial charge < -0.3 is 9.47 Å². The van der Waals surface area contributed by atoms with Gasteiger partial charge in [-0.2, -0.15) is 9.61 Å². The molecule has 0 unspecified atom stereocenters. The minimum atomic E-state index is 0.590. The molecule has 132 valence electrons. The molecular formula is C19H18N4O2S. The van der Waals surface area contributed by atoms with Gasteiger partial charge in [-0.05, 0) is 37.6 Å². The van der Waals surface area contributed by atoms with E-state index in [4.69, 9.17) is 14.6 Å². The minimum absolute atomic E-state index is 0.590. The lowest BCUT2D eigenvalue weighted by molar-refractivity contribution is 0.311. The van der Waals surface area contributed by atoms with Gasteiger partial charge in [-0.1, -0.05) is 35.6 Å². The second-order valence-electron chi connectivity index (χ2n) is 5.74. The molecule has 0 spiro atoms. The van der Waals surface area contributed by atoms with Crippen molar-refractivity contribution in [2.75, 3.05) is 13.7 Å². The van der Waals surface area contributed by atoms with Gasteiger partial charge in [-0.15, -0.1) is 10.2 Å². The van der Waals surface area contributed by atoms with Crippen molar-refractivity contribution >= 4 is 16.3 Å². The lowest BCUT2D eigenvalue weighted by Gasteiger charge is -2.09. The Kier molecular flexibility index (Phi) is 4.30. The molecule has 2 aromatic heterocycles. The smallest absolute Gasteiger partial charge is 0.235 e. The molecule has 0 aliphatic rings. The molecule has 26 heavy (non-hydrogen) atoms. The zero-order valence-electron chi connectivity index (χ0n) is 14.8. The van der Waals surface area contributed by atoms with Gasteiger partial charge in [0, 0.05) is 11.1 Å². The fourth-order valence-electron chi connectivity index (χ4n) is 2.80. The van der Waals surface area contributed by atoms with Crippen molar-refractivity contribution in [2.24, 2.45) is 0 Å². The zero-order chi connectivity index (χ0) is 18.1. The van der Waals surface area contributed by atoms with E-state index in [1.165, 1.54) is 11.3 Å². The van der Waals surface area contributed by atoms with Gasteiger partial charge in [0.05, 0.1) is 13.7 Å². The first kappa shape index (κ1) is 16.5. The average Bonchev–Trinajstić information content (AvgIpc) is 3.24. The summed E-state index contributed by atoms with van der Waals surface area (Å²) in [6.07, 6.45) is 0. The van der Waals surface area contributed by atoms with E-state index < -0.39 is 0 Å². The topological polar surface area (TPSA) is 61.5 Å². The molecule has 2 aromatic carbocycles. The predicted molar refractivity (Wildman–Crippen MR) is 102 cm³/mol. The molecule has 2 heterocycles. The van der Waals surface area contributed by atoms with E-state index in [2.05, 4.69) is 23.2 Å². The molecule has 0 N–H and O–H groups in total. The summed E-state index contributed by atoms with van der Waals surface area (Å²) in [5.41, 5.74) is 3.12. The molecule has 0 saturated heterocycles. The first-order chi connectivity index (χ1) is 12.7. The Morgan fingerprint density at radius 1 is 1.08 bits per heavy atom. The van der Waals surface area contributed by atoms with E-state index in [0.717, 1.165) is 38.2 Å². The van der Waals surface area contributed by atoms with E-state index >= 15 is 0 Å². The number of ether oxygens (including phenoxy) is 2. The maximum atomic E-state index is 5.58. The van der Waals surface area contributed by atoms with Gasteiger partial charge in [0.2, 0.25) is 4.96 Å². The molecule has 0 saturated carbocycles. The third-order valence-electron chi connectivity index (χ3n) is 4.09. The van der Waals surface area contributed by atoms with Crippen LogP contribution in [0.25, 0.3) is 26.9 Å². The molecule has 0 atom stereocenters. The normalized spacial score (nSPS) is 11.0. The number of fused-ring (bicyclic) bond motifs is 1. The monoisotopic (exact) mass is 366 g/mol. The summed E-state index contributed by atoms with van der Waals surface area (Å²) in [6, 6.07) is 13.9. The molecule has 0 radical (unpaired) electrons. The number of methoxy groups -OCH3 is 1. The predicted octanol–water partition coefficient (Wildman–Crippen LogP) is 4.24. The highest BCUT2D eigenvalue weighted by molar-refractivity contribution is 7.19. The summed E-state index contributed by atoms with van der Waals surface area (Å²) in [7, 11) is 1.64. The van der Waals surface area contributed by atoms with Crippen molar-refractivity contribution in [3.05, 3.63) is 48.0 Å². The number of nitrogens with zero attached hydrogens (tertiary/aromatic N) is 4. The highest BCUT2D eigenvalue weighted by Gasteiger charge is 2.16. The second kappa shape index (κ2) is 6.76. The number of benzene rings is 2. The first-order valence-corrected chi connectivity index (χ1v) is 9.12. The number of hydrogen-bond acceptors (Lipinski definition) is 6. The Hall–Kier alpha value is -2.93. The average molecular weight is 366 g/mol. The van der Waals surface area contributed by atoms with Crippen molar-refractivity contribution in [2.45, 2.75) is 13.8 Å². The zero-order valence-corrected chi connectivity index (χ0v) is 15.6. The van der Waals surface area contributed by atoms with E-state index in [1.54, 1.807) is 11.6 Å². The maximum absolute atomic E-state index is 5.58. The lowest BCUT2D eigenvalue weighted by atomic mass is 10.1. The number of aromatic nitrogens is 4. The number of hydrogen-bond donors (Lipinski definition) is 0. The molecule has 0 fully saturated rings. The Labute approximate surface area is 155 Å². The first-order valence-electron chi connectivity index (χ1n) is 8.30. The van der Waals surface area contributed by atoms with E-state index in [0.29, 0.717) is 12.4 Å². The molecule has 0 amide bonds. The van der Waals surface area contributed by atoms with Crippen LogP contribution in [-0.4, -0.2) is 33.5 Å². The van der Waals surface area contributed by atoms with E-state index in [1.807, 2.05) is 43.3 Å². The summed E-state index contributed by atoms with van der Waals surface area (Å²) >= 11 is 1.49. The van der Waals surface area contributed by atoms with Crippen LogP contribution in [0.15, 0.2) is 42.5 Å². The van der Waals surface area contributed by atoms with Crippen LogP contribution in [0, 0.1) is 6.92 Å². The van der Waals surface area contributed by atoms with E-state index in [-0.39, 0.29) is 0 Å². The van der Waals surface area contributed by atoms with Crippen LogP contribution in [0.3, 0.4) is 0 Å². The number of aryl methyl sites for hydroxylation is 1. The van der Waals surface area contributed by atoms with Crippen LogP contribution in [0.5, 0.6) is 11.5 Å². The summed E-state index contributed by atoms with van der Waals surface area (Å²) in [5.74, 6) is 2.16. The van der Waals surface area contributed by atoms with Gasteiger partial charge in [0.15, 0.2) is 17.3 Å². The van der Waals surface area contributed by atoms with Crippen LogP contribution in [-0.2, 0) is 0 Å². The van der Waals surface area contributed by atoms with Crippen molar-refractivity contribution < 1.29 is 9.47 Å². The maximum Gasteiger partial charge on any atom is 0.235 e. The van der Waals surface area contributed by atoms with E-state index in [9.17, 15) is 0 Å². The molecule has 4 rings (SSSR count). The lowest BCUT2D eigenvalue weighted by Crippen LogP contribution is -1.96. The summed E-state index contributed by atoms with van der Waals surface area (Å²) < 4.78 is 12.8. The third kappa shape index (κ3) is 2.80. The Bertz CT molecular complexity index is 1070. The molecule has 7 heteroatoms. The minimum Gasteiger partial charge on any atom is -0.493 e. The third-order valence-corrected chi connectivity index (χ3v) is 5.04. The standard InChI is InChI=1S/C19H18N4O2S/c1-4-25-15-10-9-13(11-16(15)24-3)18-22-23-17(20-21-19(23)26-18)14-8-6-5-7-12(14)2/h5-11H,4H2,1-3H3. The van der Waals surface area contributed by atoms with Gasteiger partial charge in [0.25, 0.3) is 0 Å². The molecule has 0 bridgehead atoms. The molecule has 4 aromatic rings. The van der Waals surface area contributed by atoms with Crippen molar-refractivity contribution in [3.63, 3.8) is 0 Å². The fraction of sp³-hybridized carbons (Fsp3) is 0.211. The molecule has 0 aliphatic carbocycles. The molecule has 0 aliphatic heterocycles. The summed E-state index contributed by atoms with van der Waals surface area (Å²) in [6.45, 7) is 4.59. The van der Waals surface area contributed by atoms with Gasteiger partial charge >= 0.3 is 0 Å². The molecular weight excluding hydrogens is 348 g/mol. The highest BCUT2D eigenvalue weighted by atomic mass is 32.1. The van der Waals surface area contributed by atoms with Crippen molar-refractivity contribution in [3.8, 4) is 33.5 Å².